The Morgan fingerprint density at radius 1 is 1.26 bits per heavy atom. The van der Waals surface area contributed by atoms with Crippen LogP contribution in [-0.2, 0) is 6.42 Å². The molecule has 0 heterocycles. The summed E-state index contributed by atoms with van der Waals surface area (Å²) in [6.45, 7) is 0.147. The van der Waals surface area contributed by atoms with E-state index in [0.29, 0.717) is 0 Å². The highest BCUT2D eigenvalue weighted by atomic mass is 16.5. The van der Waals surface area contributed by atoms with Crippen molar-refractivity contribution in [3.8, 4) is 5.75 Å². The van der Waals surface area contributed by atoms with Crippen molar-refractivity contribution < 1.29 is 14.6 Å². The number of hydrogen-bond donors (Lipinski definition) is 3. The van der Waals surface area contributed by atoms with Crippen molar-refractivity contribution in [2.45, 2.75) is 50.6 Å². The Hall–Kier alpha value is -1.75. The highest BCUT2D eigenvalue weighted by Gasteiger charge is 2.29. The SMILES string of the molecule is COc1cccc2c1CCC2NC(=O)NC1CCCCC1CO. The molecule has 23 heavy (non-hydrogen) atoms. The van der Waals surface area contributed by atoms with Gasteiger partial charge in [0.1, 0.15) is 5.75 Å². The molecule has 0 spiro atoms. The lowest BCUT2D eigenvalue weighted by Gasteiger charge is -2.31. The molecule has 2 amide bonds. The molecule has 0 aliphatic heterocycles. The van der Waals surface area contributed by atoms with Crippen LogP contribution in [0, 0.1) is 5.92 Å². The van der Waals surface area contributed by atoms with Crippen LogP contribution in [0.15, 0.2) is 18.2 Å². The molecule has 0 bridgehead atoms. The van der Waals surface area contributed by atoms with E-state index in [9.17, 15) is 9.90 Å². The summed E-state index contributed by atoms with van der Waals surface area (Å²) in [4.78, 5) is 12.4. The smallest absolute Gasteiger partial charge is 0.315 e. The molecule has 3 N–H and O–H groups in total. The molecule has 0 aromatic heterocycles. The molecule has 3 rings (SSSR count). The first-order chi connectivity index (χ1) is 11.2. The van der Waals surface area contributed by atoms with Gasteiger partial charge in [0.2, 0.25) is 0 Å². The summed E-state index contributed by atoms with van der Waals surface area (Å²) in [6, 6.07) is 5.99. The van der Waals surface area contributed by atoms with Crippen LogP contribution in [0.2, 0.25) is 0 Å². The zero-order chi connectivity index (χ0) is 16.2. The minimum absolute atomic E-state index is 0.0382. The molecule has 5 heteroatoms. The first-order valence-electron chi connectivity index (χ1n) is 8.56. The van der Waals surface area contributed by atoms with Crippen LogP contribution in [0.5, 0.6) is 5.75 Å². The fourth-order valence-corrected chi connectivity index (χ4v) is 3.95. The number of aliphatic hydroxyl groups excluding tert-OH is 1. The molecule has 0 saturated heterocycles. The minimum Gasteiger partial charge on any atom is -0.496 e. The molecule has 3 atom stereocenters. The number of carbonyl (C=O) groups excluding carboxylic acids is 1. The summed E-state index contributed by atoms with van der Waals surface area (Å²) in [6.07, 6.45) is 6.02. The van der Waals surface area contributed by atoms with Gasteiger partial charge in [-0.25, -0.2) is 4.79 Å². The lowest BCUT2D eigenvalue weighted by molar-refractivity contribution is 0.153. The highest BCUT2D eigenvalue weighted by molar-refractivity contribution is 5.75. The Labute approximate surface area is 137 Å². The first-order valence-corrected chi connectivity index (χ1v) is 8.56. The highest BCUT2D eigenvalue weighted by Crippen LogP contribution is 2.36. The number of fused-ring (bicyclic) bond motifs is 1. The second-order valence-corrected chi connectivity index (χ2v) is 6.57. The van der Waals surface area contributed by atoms with Crippen LogP contribution < -0.4 is 15.4 Å². The van der Waals surface area contributed by atoms with E-state index in [0.717, 1.165) is 49.8 Å². The van der Waals surface area contributed by atoms with Crippen LogP contribution in [0.3, 0.4) is 0 Å². The Balaban J connectivity index is 1.62. The van der Waals surface area contributed by atoms with E-state index in [-0.39, 0.29) is 30.6 Å². The maximum atomic E-state index is 12.4. The number of aliphatic hydroxyl groups is 1. The van der Waals surface area contributed by atoms with E-state index in [4.69, 9.17) is 4.74 Å². The zero-order valence-corrected chi connectivity index (χ0v) is 13.7. The standard InChI is InChI=1S/C18H26N2O3/c1-23-17-8-4-6-13-14(17)9-10-16(13)20-18(22)19-15-7-3-2-5-12(15)11-21/h4,6,8,12,15-16,21H,2-3,5,7,9-11H2,1H3,(H2,19,20,22). The van der Waals surface area contributed by atoms with E-state index < -0.39 is 0 Å². The van der Waals surface area contributed by atoms with Crippen molar-refractivity contribution in [3.63, 3.8) is 0 Å². The van der Waals surface area contributed by atoms with Crippen LogP contribution in [0.1, 0.15) is 49.3 Å². The number of nitrogens with one attached hydrogen (secondary N) is 2. The predicted octanol–water partition coefficient (Wildman–Crippen LogP) is 2.53. The third kappa shape index (κ3) is 3.44. The lowest BCUT2D eigenvalue weighted by Crippen LogP contribution is -2.48. The van der Waals surface area contributed by atoms with Crippen LogP contribution in [0.25, 0.3) is 0 Å². The maximum absolute atomic E-state index is 12.4. The molecule has 0 radical (unpaired) electrons. The topological polar surface area (TPSA) is 70.6 Å². The lowest BCUT2D eigenvalue weighted by atomic mass is 9.85. The molecule has 1 fully saturated rings. The van der Waals surface area contributed by atoms with E-state index in [2.05, 4.69) is 16.7 Å². The molecule has 1 aromatic rings. The Morgan fingerprint density at radius 3 is 2.87 bits per heavy atom. The van der Waals surface area contributed by atoms with E-state index in [1.807, 2.05) is 12.1 Å². The summed E-state index contributed by atoms with van der Waals surface area (Å²) >= 11 is 0. The Kier molecular flexibility index (Phi) is 5.06. The third-order valence-corrected chi connectivity index (χ3v) is 5.21. The average molecular weight is 318 g/mol. The molecular formula is C18H26N2O3. The zero-order valence-electron chi connectivity index (χ0n) is 13.7. The van der Waals surface area contributed by atoms with E-state index in [1.165, 1.54) is 5.56 Å². The minimum atomic E-state index is -0.129. The third-order valence-electron chi connectivity index (χ3n) is 5.21. The second-order valence-electron chi connectivity index (χ2n) is 6.57. The number of amides is 2. The maximum Gasteiger partial charge on any atom is 0.315 e. The second kappa shape index (κ2) is 7.21. The number of rotatable bonds is 4. The number of methoxy groups -OCH3 is 1. The molecule has 1 aromatic carbocycles. The largest absolute Gasteiger partial charge is 0.496 e. The van der Waals surface area contributed by atoms with Crippen LogP contribution >= 0.6 is 0 Å². The van der Waals surface area contributed by atoms with Gasteiger partial charge in [-0.1, -0.05) is 25.0 Å². The van der Waals surface area contributed by atoms with Crippen molar-refractivity contribution in [1.29, 1.82) is 0 Å². The number of hydrogen-bond acceptors (Lipinski definition) is 3. The average Bonchev–Trinajstić information content (AvgIpc) is 2.98. The number of benzene rings is 1. The van der Waals surface area contributed by atoms with Gasteiger partial charge in [0.05, 0.1) is 13.2 Å². The monoisotopic (exact) mass is 318 g/mol. The van der Waals surface area contributed by atoms with Gasteiger partial charge in [-0.2, -0.15) is 0 Å². The quantitative estimate of drug-likeness (QED) is 0.799. The fraction of sp³-hybridized carbons (Fsp3) is 0.611. The molecule has 2 aliphatic rings. The van der Waals surface area contributed by atoms with Gasteiger partial charge >= 0.3 is 6.03 Å². The summed E-state index contributed by atoms with van der Waals surface area (Å²) in [5, 5.41) is 15.6. The molecule has 5 nitrogen and oxygen atoms in total. The molecule has 3 unspecified atom stereocenters. The van der Waals surface area contributed by atoms with Gasteiger partial charge in [0, 0.05) is 18.6 Å². The number of urea groups is 1. The van der Waals surface area contributed by atoms with Crippen molar-refractivity contribution in [2.24, 2.45) is 5.92 Å². The normalized spacial score (nSPS) is 26.4. The van der Waals surface area contributed by atoms with E-state index in [1.54, 1.807) is 7.11 Å². The molecular weight excluding hydrogens is 292 g/mol. The summed E-state index contributed by atoms with van der Waals surface area (Å²) in [7, 11) is 1.68. The van der Waals surface area contributed by atoms with Gasteiger partial charge in [-0.15, -0.1) is 0 Å². The van der Waals surface area contributed by atoms with Gasteiger partial charge in [0.15, 0.2) is 0 Å². The van der Waals surface area contributed by atoms with Crippen molar-refractivity contribution >= 4 is 6.03 Å². The molecule has 1 saturated carbocycles. The van der Waals surface area contributed by atoms with Gasteiger partial charge < -0.3 is 20.5 Å². The summed E-state index contributed by atoms with van der Waals surface area (Å²) in [5.41, 5.74) is 2.35. The summed E-state index contributed by atoms with van der Waals surface area (Å²) in [5.74, 6) is 1.09. The fourth-order valence-electron chi connectivity index (χ4n) is 3.95. The summed E-state index contributed by atoms with van der Waals surface area (Å²) < 4.78 is 5.40. The number of carbonyl (C=O) groups is 1. The van der Waals surface area contributed by atoms with Crippen LogP contribution in [0.4, 0.5) is 4.79 Å². The Morgan fingerprint density at radius 2 is 2.09 bits per heavy atom. The number of ether oxygens (including phenoxy) is 1. The van der Waals surface area contributed by atoms with Crippen molar-refractivity contribution in [2.75, 3.05) is 13.7 Å². The van der Waals surface area contributed by atoms with Crippen LogP contribution in [-0.4, -0.2) is 30.9 Å². The molecule has 126 valence electrons. The van der Waals surface area contributed by atoms with Gasteiger partial charge in [-0.05, 0) is 42.9 Å². The van der Waals surface area contributed by atoms with E-state index >= 15 is 0 Å². The predicted molar refractivity (Wildman–Crippen MR) is 88.6 cm³/mol. The molecule has 2 aliphatic carbocycles. The van der Waals surface area contributed by atoms with Crippen molar-refractivity contribution in [3.05, 3.63) is 29.3 Å². The van der Waals surface area contributed by atoms with Gasteiger partial charge in [-0.3, -0.25) is 0 Å². The first kappa shape index (κ1) is 16.1. The van der Waals surface area contributed by atoms with Gasteiger partial charge in [0.25, 0.3) is 0 Å². The van der Waals surface area contributed by atoms with Crippen molar-refractivity contribution in [1.82, 2.24) is 10.6 Å². The Bertz CT molecular complexity index is 561.